The molecule has 1 aliphatic heterocycles. The van der Waals surface area contributed by atoms with Gasteiger partial charge in [0.1, 0.15) is 0 Å². The predicted molar refractivity (Wildman–Crippen MR) is 114 cm³/mol. The average molecular weight is 478 g/mol. The first-order chi connectivity index (χ1) is 16.1. The molecule has 5 rings (SSSR count). The maximum absolute atomic E-state index is 13.4. The Morgan fingerprint density at radius 2 is 1.71 bits per heavy atom. The lowest BCUT2D eigenvalue weighted by atomic mass is 9.75. The molecule has 3 unspecified atom stereocenters. The molecule has 2 heterocycles. The Morgan fingerprint density at radius 3 is 2.44 bits per heavy atom. The minimum Gasteiger partial charge on any atom is -0.372 e. The predicted octanol–water partition coefficient (Wildman–Crippen LogP) is 7.25. The van der Waals surface area contributed by atoms with Gasteiger partial charge in [-0.05, 0) is 59.2 Å². The van der Waals surface area contributed by atoms with Gasteiger partial charge < -0.3 is 4.74 Å². The van der Waals surface area contributed by atoms with E-state index in [-0.39, 0.29) is 17.5 Å². The lowest BCUT2D eigenvalue weighted by Gasteiger charge is -2.34. The van der Waals surface area contributed by atoms with E-state index >= 15 is 0 Å². The second-order valence-corrected chi connectivity index (χ2v) is 8.64. The minimum absolute atomic E-state index is 0.0409. The fourth-order valence-corrected chi connectivity index (χ4v) is 4.99. The zero-order valence-corrected chi connectivity index (χ0v) is 17.8. The molecule has 0 saturated carbocycles. The quantitative estimate of drug-likeness (QED) is 0.403. The third-order valence-electron chi connectivity index (χ3n) is 6.53. The van der Waals surface area contributed by atoms with Crippen molar-refractivity contribution in [3.63, 3.8) is 0 Å². The van der Waals surface area contributed by atoms with Gasteiger partial charge in [-0.25, -0.2) is 0 Å². The first-order valence-corrected chi connectivity index (χ1v) is 10.8. The Kier molecular flexibility index (Phi) is 5.55. The third kappa shape index (κ3) is 4.24. The van der Waals surface area contributed by atoms with Crippen molar-refractivity contribution in [1.82, 2.24) is 10.2 Å². The number of H-pyrrole nitrogens is 1. The fraction of sp³-hybridized carbons (Fsp3) is 0.320. The number of hydrogen-bond donors (Lipinski definition) is 1. The highest BCUT2D eigenvalue weighted by atomic mass is 19.4. The lowest BCUT2D eigenvalue weighted by molar-refractivity contribution is -0.141. The van der Waals surface area contributed by atoms with E-state index < -0.39 is 29.7 Å². The largest absolute Gasteiger partial charge is 0.435 e. The van der Waals surface area contributed by atoms with Crippen molar-refractivity contribution in [3.05, 3.63) is 88.2 Å². The Balaban J connectivity index is 1.48. The lowest BCUT2D eigenvalue weighted by Crippen LogP contribution is -2.25. The second-order valence-electron chi connectivity index (χ2n) is 8.64. The standard InChI is InChI=1S/C25H20F6N2O/c26-24(27,28)17-6-3-5-14(10-17)19-11-15-4-1-2-7-18(15)23(19)16-8-9-34-21(12-16)20-13-22(33-32-20)25(29,30)31/h1-7,10-11,13,16,21,23H,8-9,12H2,(H,32,33). The molecule has 2 aromatic carbocycles. The number of ether oxygens (including phenoxy) is 1. The summed E-state index contributed by atoms with van der Waals surface area (Å²) in [5.41, 5.74) is 1.71. The molecule has 9 heteroatoms. The molecule has 3 atom stereocenters. The summed E-state index contributed by atoms with van der Waals surface area (Å²) < 4.78 is 84.9. The number of benzene rings is 2. The van der Waals surface area contributed by atoms with Crippen LogP contribution in [0.25, 0.3) is 11.6 Å². The van der Waals surface area contributed by atoms with E-state index in [0.29, 0.717) is 25.0 Å². The zero-order chi connectivity index (χ0) is 24.1. The Bertz CT molecular complexity index is 1230. The highest BCUT2D eigenvalue weighted by Crippen LogP contribution is 2.51. The molecule has 34 heavy (non-hydrogen) atoms. The SMILES string of the molecule is FC(F)(F)c1cccc(C2=Cc3ccccc3C2C2CCOC(c3cc(C(F)(F)F)n[nH]3)C2)c1. The summed E-state index contributed by atoms with van der Waals surface area (Å²) in [6, 6.07) is 13.9. The van der Waals surface area contributed by atoms with Crippen molar-refractivity contribution in [2.24, 2.45) is 5.92 Å². The van der Waals surface area contributed by atoms with Gasteiger partial charge in [0.05, 0.1) is 17.4 Å². The zero-order valence-electron chi connectivity index (χ0n) is 17.8. The van der Waals surface area contributed by atoms with Crippen LogP contribution in [-0.4, -0.2) is 16.8 Å². The van der Waals surface area contributed by atoms with Gasteiger partial charge in [-0.3, -0.25) is 5.10 Å². The van der Waals surface area contributed by atoms with E-state index in [2.05, 4.69) is 10.2 Å². The summed E-state index contributed by atoms with van der Waals surface area (Å²) in [7, 11) is 0. The summed E-state index contributed by atoms with van der Waals surface area (Å²) in [4.78, 5) is 0. The number of alkyl halides is 6. The van der Waals surface area contributed by atoms with Gasteiger partial charge in [0, 0.05) is 12.5 Å². The second kappa shape index (κ2) is 8.30. The van der Waals surface area contributed by atoms with Crippen molar-refractivity contribution in [3.8, 4) is 0 Å². The van der Waals surface area contributed by atoms with Crippen molar-refractivity contribution in [2.45, 2.75) is 37.2 Å². The van der Waals surface area contributed by atoms with E-state index in [1.165, 1.54) is 6.07 Å². The topological polar surface area (TPSA) is 37.9 Å². The van der Waals surface area contributed by atoms with Gasteiger partial charge in [-0.2, -0.15) is 31.4 Å². The van der Waals surface area contributed by atoms with E-state index in [4.69, 9.17) is 4.74 Å². The molecule has 1 aromatic heterocycles. The molecule has 1 aliphatic carbocycles. The van der Waals surface area contributed by atoms with Crippen LogP contribution in [0.2, 0.25) is 0 Å². The molecule has 1 N–H and O–H groups in total. The molecule has 0 radical (unpaired) electrons. The summed E-state index contributed by atoms with van der Waals surface area (Å²) >= 11 is 0. The molecule has 1 fully saturated rings. The smallest absolute Gasteiger partial charge is 0.372 e. The van der Waals surface area contributed by atoms with Gasteiger partial charge >= 0.3 is 12.4 Å². The van der Waals surface area contributed by atoms with Gasteiger partial charge in [0.2, 0.25) is 0 Å². The van der Waals surface area contributed by atoms with Crippen LogP contribution in [0, 0.1) is 5.92 Å². The van der Waals surface area contributed by atoms with Crippen molar-refractivity contribution < 1.29 is 31.1 Å². The summed E-state index contributed by atoms with van der Waals surface area (Å²) in [6.07, 6.45) is -6.68. The van der Waals surface area contributed by atoms with Crippen molar-refractivity contribution >= 4 is 11.6 Å². The molecule has 0 amide bonds. The summed E-state index contributed by atoms with van der Waals surface area (Å²) in [5, 5.41) is 5.81. The van der Waals surface area contributed by atoms with Crippen LogP contribution in [0.1, 0.15) is 58.5 Å². The third-order valence-corrected chi connectivity index (χ3v) is 6.53. The maximum Gasteiger partial charge on any atom is 0.435 e. The van der Waals surface area contributed by atoms with Crippen LogP contribution in [0.5, 0.6) is 0 Å². The van der Waals surface area contributed by atoms with E-state index in [1.807, 2.05) is 30.3 Å². The minimum atomic E-state index is -4.56. The highest BCUT2D eigenvalue weighted by Gasteiger charge is 2.39. The molecule has 178 valence electrons. The molecular formula is C25H20F6N2O. The number of aromatic nitrogens is 2. The normalized spacial score (nSPS) is 23.0. The highest BCUT2D eigenvalue weighted by molar-refractivity contribution is 5.91. The summed E-state index contributed by atoms with van der Waals surface area (Å²) in [5.74, 6) is -0.239. The van der Waals surface area contributed by atoms with Crippen LogP contribution in [-0.2, 0) is 17.1 Å². The number of aromatic amines is 1. The maximum atomic E-state index is 13.4. The first kappa shape index (κ1) is 22.7. The Morgan fingerprint density at radius 1 is 0.912 bits per heavy atom. The average Bonchev–Trinajstić information content (AvgIpc) is 3.44. The molecule has 3 aromatic rings. The van der Waals surface area contributed by atoms with Gasteiger partial charge in [0.25, 0.3) is 0 Å². The number of fused-ring (bicyclic) bond motifs is 1. The number of nitrogens with zero attached hydrogens (tertiary/aromatic N) is 1. The number of allylic oxidation sites excluding steroid dienone is 1. The van der Waals surface area contributed by atoms with E-state index in [1.54, 1.807) is 6.07 Å². The van der Waals surface area contributed by atoms with Crippen LogP contribution < -0.4 is 0 Å². The van der Waals surface area contributed by atoms with E-state index in [0.717, 1.165) is 34.9 Å². The summed E-state index contributed by atoms with van der Waals surface area (Å²) in [6.45, 7) is 0.324. The fourth-order valence-electron chi connectivity index (χ4n) is 4.99. The Hall–Kier alpha value is -3.07. The molecular weight excluding hydrogens is 458 g/mol. The number of halogens is 6. The van der Waals surface area contributed by atoms with Crippen LogP contribution in [0.4, 0.5) is 26.3 Å². The Labute approximate surface area is 191 Å². The van der Waals surface area contributed by atoms with Gasteiger partial charge in [0.15, 0.2) is 5.69 Å². The van der Waals surface area contributed by atoms with Crippen LogP contribution in [0.15, 0.2) is 54.6 Å². The monoisotopic (exact) mass is 478 g/mol. The van der Waals surface area contributed by atoms with Crippen molar-refractivity contribution in [2.75, 3.05) is 6.61 Å². The number of rotatable bonds is 3. The number of hydrogen-bond acceptors (Lipinski definition) is 2. The number of nitrogens with one attached hydrogen (secondary N) is 1. The van der Waals surface area contributed by atoms with Crippen LogP contribution in [0.3, 0.4) is 0 Å². The molecule has 0 spiro atoms. The molecule has 0 bridgehead atoms. The van der Waals surface area contributed by atoms with E-state index in [9.17, 15) is 26.3 Å². The van der Waals surface area contributed by atoms with Gasteiger partial charge in [-0.1, -0.05) is 42.5 Å². The first-order valence-electron chi connectivity index (χ1n) is 10.8. The van der Waals surface area contributed by atoms with Crippen molar-refractivity contribution in [1.29, 1.82) is 0 Å². The van der Waals surface area contributed by atoms with Gasteiger partial charge in [-0.15, -0.1) is 0 Å². The molecule has 3 nitrogen and oxygen atoms in total. The van der Waals surface area contributed by atoms with Crippen LogP contribution >= 0.6 is 0 Å². The molecule has 1 saturated heterocycles. The molecule has 2 aliphatic rings.